The highest BCUT2D eigenvalue weighted by Crippen LogP contribution is 2.33. The molecule has 1 heterocycles. The largest absolute Gasteiger partial charge is 0.427 e. The van der Waals surface area contributed by atoms with Crippen LogP contribution in [-0.4, -0.2) is 9.88 Å². The molecular formula is C5H2Cl3NO3P. The topological polar surface area (TPSA) is 59.4 Å². The molecule has 0 aliphatic carbocycles. The number of rotatable bonds is 2. The van der Waals surface area contributed by atoms with Gasteiger partial charge in [-0.2, -0.15) is 4.98 Å². The summed E-state index contributed by atoms with van der Waals surface area (Å²) in [5.41, 5.74) is 0. The van der Waals surface area contributed by atoms with E-state index in [0.717, 1.165) is 0 Å². The minimum atomic E-state index is -2.81. The van der Waals surface area contributed by atoms with Crippen LogP contribution >= 0.6 is 43.1 Å². The first-order chi connectivity index (χ1) is 6.00. The zero-order valence-corrected chi connectivity index (χ0v) is 9.03. The van der Waals surface area contributed by atoms with Gasteiger partial charge in [0.05, 0.1) is 5.02 Å². The third kappa shape index (κ3) is 2.93. The lowest BCUT2D eigenvalue weighted by atomic mass is 10.5. The normalized spacial score (nSPS) is 11.2. The lowest BCUT2D eigenvalue weighted by Gasteiger charge is -2.02. The van der Waals surface area contributed by atoms with E-state index in [-0.39, 0.29) is 21.1 Å². The second-order valence-electron chi connectivity index (χ2n) is 1.88. The molecule has 0 saturated heterocycles. The third-order valence-corrected chi connectivity index (χ3v) is 2.29. The van der Waals surface area contributed by atoms with Crippen molar-refractivity contribution in [3.63, 3.8) is 0 Å². The third-order valence-electron chi connectivity index (χ3n) is 1.02. The van der Waals surface area contributed by atoms with Crippen LogP contribution in [0.2, 0.25) is 15.2 Å². The van der Waals surface area contributed by atoms with Crippen LogP contribution in [0.15, 0.2) is 6.07 Å². The zero-order chi connectivity index (χ0) is 10.0. The van der Waals surface area contributed by atoms with Crippen LogP contribution in [0.3, 0.4) is 0 Å². The fourth-order valence-corrected chi connectivity index (χ4v) is 1.44. The molecular weight excluding hydrogens is 259 g/mol. The van der Waals surface area contributed by atoms with Crippen LogP contribution in [0, 0.1) is 0 Å². The second-order valence-corrected chi connectivity index (χ2v) is 3.71. The van der Waals surface area contributed by atoms with Gasteiger partial charge in [0.2, 0.25) is 5.88 Å². The van der Waals surface area contributed by atoms with Gasteiger partial charge >= 0.3 is 8.25 Å². The van der Waals surface area contributed by atoms with E-state index < -0.39 is 8.25 Å². The SMILES string of the molecule is O=[P](O)Oc1nc(Cl)c(Cl)cc1Cl. The van der Waals surface area contributed by atoms with Crippen molar-refractivity contribution in [2.45, 2.75) is 0 Å². The van der Waals surface area contributed by atoms with Crippen molar-refractivity contribution in [3.8, 4) is 5.88 Å². The average molecular weight is 261 g/mol. The summed E-state index contributed by atoms with van der Waals surface area (Å²) in [5, 5.41) is 0.122. The van der Waals surface area contributed by atoms with Crippen molar-refractivity contribution in [3.05, 3.63) is 21.3 Å². The van der Waals surface area contributed by atoms with Crippen molar-refractivity contribution in [1.29, 1.82) is 0 Å². The number of hydrogen-bond acceptors (Lipinski definition) is 3. The van der Waals surface area contributed by atoms with Gasteiger partial charge in [-0.05, 0) is 6.07 Å². The molecule has 0 fully saturated rings. The number of hydrogen-bond donors (Lipinski definition) is 1. The van der Waals surface area contributed by atoms with E-state index in [4.69, 9.17) is 39.7 Å². The lowest BCUT2D eigenvalue weighted by Crippen LogP contribution is -1.87. The molecule has 0 amide bonds. The Hall–Kier alpha value is -0.120. The molecule has 4 nitrogen and oxygen atoms in total. The summed E-state index contributed by atoms with van der Waals surface area (Å²) in [4.78, 5) is 12.0. The Kier molecular flexibility index (Phi) is 3.71. The van der Waals surface area contributed by atoms with Crippen LogP contribution in [0.4, 0.5) is 0 Å². The molecule has 1 rings (SSSR count). The standard InChI is InChI=1S/C5H2Cl3NO3P/c6-2-1-3(7)5(9-4(2)8)12-13(10)11/h1H,(H,10,11). The molecule has 0 aliphatic rings. The highest BCUT2D eigenvalue weighted by molar-refractivity contribution is 7.32. The van der Waals surface area contributed by atoms with Gasteiger partial charge in [0.15, 0.2) is 5.15 Å². The molecule has 0 aliphatic heterocycles. The molecule has 0 saturated carbocycles. The van der Waals surface area contributed by atoms with E-state index in [1.807, 2.05) is 0 Å². The van der Waals surface area contributed by atoms with E-state index >= 15 is 0 Å². The lowest BCUT2D eigenvalue weighted by molar-refractivity contribution is 0.404. The maximum absolute atomic E-state index is 10.3. The molecule has 1 radical (unpaired) electrons. The molecule has 13 heavy (non-hydrogen) atoms. The molecule has 0 aromatic carbocycles. The molecule has 1 N–H and O–H groups in total. The van der Waals surface area contributed by atoms with Gasteiger partial charge in [-0.25, -0.2) is 4.57 Å². The van der Waals surface area contributed by atoms with Crippen LogP contribution in [0.5, 0.6) is 5.88 Å². The van der Waals surface area contributed by atoms with E-state index in [0.29, 0.717) is 0 Å². The Bertz CT molecular complexity index is 359. The molecule has 1 unspecified atom stereocenters. The summed E-state index contributed by atoms with van der Waals surface area (Å²) in [6.07, 6.45) is 0. The average Bonchev–Trinajstić information content (AvgIpc) is 1.99. The molecule has 1 aromatic rings. The van der Waals surface area contributed by atoms with E-state index in [2.05, 4.69) is 9.51 Å². The first kappa shape index (κ1) is 11.0. The molecule has 71 valence electrons. The van der Waals surface area contributed by atoms with Gasteiger partial charge < -0.3 is 4.52 Å². The fourth-order valence-electron chi connectivity index (χ4n) is 0.566. The Morgan fingerprint density at radius 3 is 2.54 bits per heavy atom. The first-order valence-electron chi connectivity index (χ1n) is 2.86. The summed E-state index contributed by atoms with van der Waals surface area (Å²) >= 11 is 16.6. The minimum Gasteiger partial charge on any atom is -0.376 e. The number of aromatic nitrogens is 1. The Morgan fingerprint density at radius 2 is 2.00 bits per heavy atom. The van der Waals surface area contributed by atoms with E-state index in [1.165, 1.54) is 6.07 Å². The summed E-state index contributed by atoms with van der Waals surface area (Å²) < 4.78 is 14.6. The summed E-state index contributed by atoms with van der Waals surface area (Å²) in [6.45, 7) is 0. The summed E-state index contributed by atoms with van der Waals surface area (Å²) in [5.74, 6) is -0.223. The molecule has 0 spiro atoms. The van der Waals surface area contributed by atoms with Gasteiger partial charge in [-0.1, -0.05) is 34.8 Å². The van der Waals surface area contributed by atoms with Crippen molar-refractivity contribution in [1.82, 2.24) is 4.98 Å². The Balaban J connectivity index is 3.08. The highest BCUT2D eigenvalue weighted by Gasteiger charge is 2.11. The summed E-state index contributed by atoms with van der Waals surface area (Å²) in [6, 6.07) is 1.27. The van der Waals surface area contributed by atoms with Crippen molar-refractivity contribution >= 4 is 43.1 Å². The highest BCUT2D eigenvalue weighted by atomic mass is 35.5. The molecule has 1 aromatic heterocycles. The van der Waals surface area contributed by atoms with E-state index in [9.17, 15) is 4.57 Å². The van der Waals surface area contributed by atoms with E-state index in [1.54, 1.807) is 0 Å². The predicted octanol–water partition coefficient (Wildman–Crippen LogP) is 3.07. The van der Waals surface area contributed by atoms with Crippen molar-refractivity contribution < 1.29 is 14.0 Å². The van der Waals surface area contributed by atoms with Crippen LogP contribution in [0.1, 0.15) is 0 Å². The number of pyridine rings is 1. The predicted molar refractivity (Wildman–Crippen MR) is 49.7 cm³/mol. The number of halogens is 3. The minimum absolute atomic E-state index is 0.0202. The van der Waals surface area contributed by atoms with Gasteiger partial charge in [0, 0.05) is 0 Å². The maximum atomic E-state index is 10.3. The van der Waals surface area contributed by atoms with Gasteiger partial charge in [0.1, 0.15) is 5.02 Å². The Morgan fingerprint density at radius 1 is 1.38 bits per heavy atom. The van der Waals surface area contributed by atoms with Gasteiger partial charge in [-0.15, -0.1) is 0 Å². The number of nitrogens with zero attached hydrogens (tertiary/aromatic N) is 1. The Labute approximate surface area is 89.3 Å². The maximum Gasteiger partial charge on any atom is 0.427 e. The van der Waals surface area contributed by atoms with Crippen LogP contribution in [0.25, 0.3) is 0 Å². The fraction of sp³-hybridized carbons (Fsp3) is 0. The molecule has 1 atom stereocenters. The molecule has 0 bridgehead atoms. The van der Waals surface area contributed by atoms with Gasteiger partial charge in [-0.3, -0.25) is 4.89 Å². The zero-order valence-electron chi connectivity index (χ0n) is 5.87. The van der Waals surface area contributed by atoms with Crippen LogP contribution in [-0.2, 0) is 4.57 Å². The monoisotopic (exact) mass is 260 g/mol. The summed E-state index contributed by atoms with van der Waals surface area (Å²) in [7, 11) is -2.81. The quantitative estimate of drug-likeness (QED) is 0.656. The molecule has 8 heteroatoms. The van der Waals surface area contributed by atoms with Crippen LogP contribution < -0.4 is 4.52 Å². The van der Waals surface area contributed by atoms with Crippen molar-refractivity contribution in [2.75, 3.05) is 0 Å². The smallest absolute Gasteiger partial charge is 0.376 e. The second kappa shape index (κ2) is 4.40. The van der Waals surface area contributed by atoms with Gasteiger partial charge in [0.25, 0.3) is 0 Å². The first-order valence-corrected chi connectivity index (χ1v) is 5.12. The van der Waals surface area contributed by atoms with Crippen molar-refractivity contribution in [2.24, 2.45) is 0 Å².